The summed E-state index contributed by atoms with van der Waals surface area (Å²) in [7, 11) is 0. The Bertz CT molecular complexity index is 450. The molecule has 0 radical (unpaired) electrons. The number of aliphatic hydroxyl groups excluding tert-OH is 1. The molecule has 17 heavy (non-hydrogen) atoms. The Morgan fingerprint density at radius 3 is 2.59 bits per heavy atom. The van der Waals surface area contributed by atoms with Crippen molar-refractivity contribution < 1.29 is 19.8 Å². The molecule has 0 aliphatic carbocycles. The van der Waals surface area contributed by atoms with E-state index in [9.17, 15) is 9.59 Å². The summed E-state index contributed by atoms with van der Waals surface area (Å²) in [6, 6.07) is 2.85. The summed E-state index contributed by atoms with van der Waals surface area (Å²) < 4.78 is 0. The van der Waals surface area contributed by atoms with E-state index >= 15 is 0 Å². The number of rotatable bonds is 4. The van der Waals surface area contributed by atoms with E-state index in [2.05, 4.69) is 5.32 Å². The number of hydrogen-bond donors (Lipinski definition) is 4. The number of carbonyl (C=O) groups is 2. The third-order valence-electron chi connectivity index (χ3n) is 2.04. The van der Waals surface area contributed by atoms with E-state index in [0.717, 1.165) is 0 Å². The van der Waals surface area contributed by atoms with Gasteiger partial charge in [0.05, 0.1) is 12.2 Å². The lowest BCUT2D eigenvalue weighted by atomic mass is 10.1. The monoisotopic (exact) mass is 258 g/mol. The minimum atomic E-state index is -1.36. The number of aliphatic hydroxyl groups is 1. The summed E-state index contributed by atoms with van der Waals surface area (Å²) in [6.07, 6.45) is 0. The number of carbonyl (C=O) groups excluding carboxylic acids is 1. The molecule has 0 saturated heterocycles. The van der Waals surface area contributed by atoms with Crippen molar-refractivity contribution in [2.24, 2.45) is 0 Å². The summed E-state index contributed by atoms with van der Waals surface area (Å²) in [5.74, 6) is -2.01. The first-order valence-corrected chi connectivity index (χ1v) is 5.03. The molecule has 0 bridgehead atoms. The van der Waals surface area contributed by atoms with E-state index in [1.54, 1.807) is 0 Å². The van der Waals surface area contributed by atoms with E-state index < -0.39 is 24.5 Å². The molecular formula is C10H11ClN2O4. The normalized spacial score (nSPS) is 11.9. The first-order valence-electron chi connectivity index (χ1n) is 4.65. The molecule has 92 valence electrons. The molecule has 0 saturated carbocycles. The van der Waals surface area contributed by atoms with Crippen LogP contribution in [-0.2, 0) is 4.79 Å². The molecule has 1 unspecified atom stereocenters. The molecule has 1 rings (SSSR count). The lowest BCUT2D eigenvalue weighted by molar-refractivity contribution is -0.140. The van der Waals surface area contributed by atoms with Crippen molar-refractivity contribution in [3.05, 3.63) is 28.8 Å². The van der Waals surface area contributed by atoms with Gasteiger partial charge in [-0.1, -0.05) is 11.6 Å². The predicted molar refractivity (Wildman–Crippen MR) is 61.8 cm³/mol. The second-order valence-corrected chi connectivity index (χ2v) is 3.71. The number of amides is 1. The number of nitrogens with two attached hydrogens (primary N) is 1. The minimum absolute atomic E-state index is 0.106. The van der Waals surface area contributed by atoms with Gasteiger partial charge < -0.3 is 21.3 Å². The molecule has 0 aromatic heterocycles. The molecule has 0 heterocycles. The van der Waals surface area contributed by atoms with Crippen LogP contribution in [0.5, 0.6) is 0 Å². The Labute approximate surface area is 102 Å². The zero-order valence-electron chi connectivity index (χ0n) is 8.68. The van der Waals surface area contributed by atoms with Crippen LogP contribution in [0.2, 0.25) is 5.02 Å². The Morgan fingerprint density at radius 2 is 2.12 bits per heavy atom. The van der Waals surface area contributed by atoms with Gasteiger partial charge in [0.1, 0.15) is 0 Å². The highest BCUT2D eigenvalue weighted by Gasteiger charge is 2.20. The van der Waals surface area contributed by atoms with Gasteiger partial charge in [0.25, 0.3) is 5.91 Å². The van der Waals surface area contributed by atoms with Crippen molar-refractivity contribution >= 4 is 29.2 Å². The highest BCUT2D eigenvalue weighted by atomic mass is 35.5. The van der Waals surface area contributed by atoms with Gasteiger partial charge in [-0.15, -0.1) is 0 Å². The van der Waals surface area contributed by atoms with Gasteiger partial charge >= 0.3 is 5.97 Å². The fourth-order valence-corrected chi connectivity index (χ4v) is 1.34. The van der Waals surface area contributed by atoms with Crippen LogP contribution in [0.4, 0.5) is 5.69 Å². The van der Waals surface area contributed by atoms with Crippen LogP contribution in [0.15, 0.2) is 18.2 Å². The molecule has 0 fully saturated rings. The highest BCUT2D eigenvalue weighted by Crippen LogP contribution is 2.17. The zero-order chi connectivity index (χ0) is 13.0. The number of halogens is 1. The average Bonchev–Trinajstić information content (AvgIpc) is 2.24. The highest BCUT2D eigenvalue weighted by molar-refractivity contribution is 6.31. The van der Waals surface area contributed by atoms with E-state index in [4.69, 9.17) is 27.5 Å². The van der Waals surface area contributed by atoms with Gasteiger partial charge in [0.15, 0.2) is 6.04 Å². The maximum atomic E-state index is 11.6. The van der Waals surface area contributed by atoms with Gasteiger partial charge in [-0.2, -0.15) is 0 Å². The summed E-state index contributed by atoms with van der Waals surface area (Å²) >= 11 is 5.66. The van der Waals surface area contributed by atoms with Crippen LogP contribution < -0.4 is 11.1 Å². The summed E-state index contributed by atoms with van der Waals surface area (Å²) in [5.41, 5.74) is 5.80. The van der Waals surface area contributed by atoms with E-state index in [-0.39, 0.29) is 11.3 Å². The molecule has 0 aliphatic heterocycles. The second kappa shape index (κ2) is 5.51. The first-order chi connectivity index (χ1) is 7.95. The molecule has 1 aromatic rings. The van der Waals surface area contributed by atoms with Crippen molar-refractivity contribution in [3.63, 3.8) is 0 Å². The fourth-order valence-electron chi connectivity index (χ4n) is 1.16. The molecule has 0 aliphatic rings. The van der Waals surface area contributed by atoms with Crippen LogP contribution in [0.1, 0.15) is 10.4 Å². The SMILES string of the molecule is Nc1cc(Cl)ccc1C(=O)NC(CO)C(=O)O. The van der Waals surface area contributed by atoms with Gasteiger partial charge in [-0.05, 0) is 18.2 Å². The number of carboxylic acid groups (broad SMARTS) is 1. The Kier molecular flexibility index (Phi) is 4.30. The molecule has 5 N–H and O–H groups in total. The van der Waals surface area contributed by atoms with Gasteiger partial charge in [-0.25, -0.2) is 4.79 Å². The largest absolute Gasteiger partial charge is 0.480 e. The molecular weight excluding hydrogens is 248 g/mol. The third kappa shape index (κ3) is 3.33. The quantitative estimate of drug-likeness (QED) is 0.572. The van der Waals surface area contributed by atoms with Gasteiger partial charge in [0, 0.05) is 10.7 Å². The van der Waals surface area contributed by atoms with Gasteiger partial charge in [-0.3, -0.25) is 4.79 Å². The van der Waals surface area contributed by atoms with Crippen LogP contribution in [0, 0.1) is 0 Å². The Balaban J connectivity index is 2.86. The maximum Gasteiger partial charge on any atom is 0.328 e. The molecule has 1 amide bonds. The number of anilines is 1. The molecule has 1 aromatic carbocycles. The van der Waals surface area contributed by atoms with Crippen LogP contribution in [0.25, 0.3) is 0 Å². The van der Waals surface area contributed by atoms with Gasteiger partial charge in [0.2, 0.25) is 0 Å². The van der Waals surface area contributed by atoms with Crippen LogP contribution in [-0.4, -0.2) is 34.7 Å². The zero-order valence-corrected chi connectivity index (χ0v) is 9.44. The second-order valence-electron chi connectivity index (χ2n) is 3.28. The van der Waals surface area contributed by atoms with Crippen molar-refractivity contribution in [3.8, 4) is 0 Å². The summed E-state index contributed by atoms with van der Waals surface area (Å²) in [4.78, 5) is 22.3. The number of nitrogens with one attached hydrogen (secondary N) is 1. The smallest absolute Gasteiger partial charge is 0.328 e. The molecule has 0 spiro atoms. The van der Waals surface area contributed by atoms with Crippen LogP contribution in [0.3, 0.4) is 0 Å². The average molecular weight is 259 g/mol. The number of hydrogen-bond acceptors (Lipinski definition) is 4. The summed E-state index contributed by atoms with van der Waals surface area (Å²) in [6.45, 7) is -0.700. The van der Waals surface area contributed by atoms with Crippen molar-refractivity contribution in [2.45, 2.75) is 6.04 Å². The number of aliphatic carboxylic acids is 1. The van der Waals surface area contributed by atoms with E-state index in [1.165, 1.54) is 18.2 Å². The first kappa shape index (κ1) is 13.3. The Morgan fingerprint density at radius 1 is 1.47 bits per heavy atom. The lowest BCUT2D eigenvalue weighted by Crippen LogP contribution is -2.43. The summed E-state index contributed by atoms with van der Waals surface area (Å²) in [5, 5.41) is 19.9. The topological polar surface area (TPSA) is 113 Å². The molecule has 1 atom stereocenters. The standard InChI is InChI=1S/C10H11ClN2O4/c11-5-1-2-6(7(12)3-5)9(15)13-8(4-14)10(16)17/h1-3,8,14H,4,12H2,(H,13,15)(H,16,17). The van der Waals surface area contributed by atoms with Crippen molar-refractivity contribution in [1.29, 1.82) is 0 Å². The minimum Gasteiger partial charge on any atom is -0.480 e. The van der Waals surface area contributed by atoms with Crippen molar-refractivity contribution in [1.82, 2.24) is 5.32 Å². The predicted octanol–water partition coefficient (Wildman–Crippen LogP) is 0.0975. The van der Waals surface area contributed by atoms with Crippen molar-refractivity contribution in [2.75, 3.05) is 12.3 Å². The number of nitrogen functional groups attached to an aromatic ring is 1. The number of carboxylic acids is 1. The number of benzene rings is 1. The maximum absolute atomic E-state index is 11.6. The fraction of sp³-hybridized carbons (Fsp3) is 0.200. The molecule has 7 heteroatoms. The Hall–Kier alpha value is -1.79. The van der Waals surface area contributed by atoms with E-state index in [0.29, 0.717) is 5.02 Å². The van der Waals surface area contributed by atoms with E-state index in [1.807, 2.05) is 0 Å². The lowest BCUT2D eigenvalue weighted by Gasteiger charge is -2.12. The third-order valence-corrected chi connectivity index (χ3v) is 2.28. The van der Waals surface area contributed by atoms with Crippen LogP contribution >= 0.6 is 11.6 Å². The molecule has 6 nitrogen and oxygen atoms in total.